The van der Waals surface area contributed by atoms with Gasteiger partial charge in [0.15, 0.2) is 0 Å². The van der Waals surface area contributed by atoms with Crippen LogP contribution >= 0.6 is 28.3 Å². The summed E-state index contributed by atoms with van der Waals surface area (Å²) < 4.78 is 13.3. The fraction of sp³-hybridized carbons (Fsp3) is 0.111. The van der Waals surface area contributed by atoms with Crippen LogP contribution in [0.5, 0.6) is 0 Å². The molecule has 0 saturated carbocycles. The number of nitrogens with two attached hydrogens (primary N) is 1. The molecule has 1 aromatic carbocycles. The van der Waals surface area contributed by atoms with Gasteiger partial charge >= 0.3 is 0 Å². The second kappa shape index (κ2) is 5.37. The Morgan fingerprint density at radius 3 is 2.62 bits per heavy atom. The standard InChI is InChI=1S/C9H9BrFN.ClH/c1-2-9(12)7-4-3-6(11)5-8(7)10;/h2-5,9H,1,12H2;1H/t9-;/m0./s1. The van der Waals surface area contributed by atoms with E-state index in [1.165, 1.54) is 12.1 Å². The van der Waals surface area contributed by atoms with Crippen molar-refractivity contribution in [1.82, 2.24) is 0 Å². The zero-order valence-electron chi connectivity index (χ0n) is 6.84. The maximum absolute atomic E-state index is 12.6. The molecule has 13 heavy (non-hydrogen) atoms. The Morgan fingerprint density at radius 2 is 2.15 bits per heavy atom. The van der Waals surface area contributed by atoms with Gasteiger partial charge in [0, 0.05) is 10.5 Å². The van der Waals surface area contributed by atoms with Gasteiger partial charge in [-0.25, -0.2) is 4.39 Å². The van der Waals surface area contributed by atoms with E-state index in [9.17, 15) is 4.39 Å². The fourth-order valence-corrected chi connectivity index (χ4v) is 1.51. The molecule has 1 aromatic rings. The van der Waals surface area contributed by atoms with Gasteiger partial charge < -0.3 is 5.73 Å². The zero-order chi connectivity index (χ0) is 9.14. The van der Waals surface area contributed by atoms with E-state index >= 15 is 0 Å². The Kier molecular flexibility index (Phi) is 5.21. The third-order valence-electron chi connectivity index (χ3n) is 1.58. The average molecular weight is 267 g/mol. The highest BCUT2D eigenvalue weighted by molar-refractivity contribution is 9.10. The molecule has 2 N–H and O–H groups in total. The van der Waals surface area contributed by atoms with Crippen molar-refractivity contribution >= 4 is 28.3 Å². The summed E-state index contributed by atoms with van der Waals surface area (Å²) >= 11 is 3.22. The van der Waals surface area contributed by atoms with E-state index in [4.69, 9.17) is 5.73 Å². The van der Waals surface area contributed by atoms with Crippen LogP contribution in [-0.2, 0) is 0 Å². The van der Waals surface area contributed by atoms with Gasteiger partial charge in [0.1, 0.15) is 5.82 Å². The molecule has 0 radical (unpaired) electrons. The van der Waals surface area contributed by atoms with Crippen LogP contribution in [0.25, 0.3) is 0 Å². The normalized spacial score (nSPS) is 11.6. The molecule has 0 saturated heterocycles. The molecular formula is C9H10BrClFN. The number of hydrogen-bond donors (Lipinski definition) is 1. The van der Waals surface area contributed by atoms with E-state index in [1.807, 2.05) is 0 Å². The molecule has 4 heteroatoms. The van der Waals surface area contributed by atoms with Crippen LogP contribution in [0, 0.1) is 5.82 Å². The molecule has 0 aromatic heterocycles. The van der Waals surface area contributed by atoms with Crippen molar-refractivity contribution in [2.75, 3.05) is 0 Å². The molecular weight excluding hydrogens is 256 g/mol. The minimum Gasteiger partial charge on any atom is -0.321 e. The van der Waals surface area contributed by atoms with Crippen LogP contribution in [0.1, 0.15) is 11.6 Å². The van der Waals surface area contributed by atoms with E-state index in [0.29, 0.717) is 4.47 Å². The van der Waals surface area contributed by atoms with Crippen molar-refractivity contribution in [3.05, 3.63) is 46.7 Å². The lowest BCUT2D eigenvalue weighted by atomic mass is 10.1. The maximum Gasteiger partial charge on any atom is 0.124 e. The summed E-state index contributed by atoms with van der Waals surface area (Å²) in [5.41, 5.74) is 6.51. The molecule has 0 aliphatic heterocycles. The summed E-state index contributed by atoms with van der Waals surface area (Å²) in [6.45, 7) is 3.56. The monoisotopic (exact) mass is 265 g/mol. The second-order valence-electron chi connectivity index (χ2n) is 2.43. The molecule has 0 aliphatic carbocycles. The smallest absolute Gasteiger partial charge is 0.124 e. The van der Waals surface area contributed by atoms with Crippen LogP contribution in [0.15, 0.2) is 35.3 Å². The Morgan fingerprint density at radius 1 is 1.54 bits per heavy atom. The van der Waals surface area contributed by atoms with E-state index < -0.39 is 0 Å². The molecule has 0 heterocycles. The largest absolute Gasteiger partial charge is 0.321 e. The maximum atomic E-state index is 12.6. The molecule has 0 bridgehead atoms. The number of benzene rings is 1. The van der Waals surface area contributed by atoms with Gasteiger partial charge in [-0.1, -0.05) is 28.1 Å². The van der Waals surface area contributed by atoms with Crippen LogP contribution < -0.4 is 5.73 Å². The van der Waals surface area contributed by atoms with E-state index in [1.54, 1.807) is 12.1 Å². The van der Waals surface area contributed by atoms with Crippen molar-refractivity contribution in [3.63, 3.8) is 0 Å². The van der Waals surface area contributed by atoms with Gasteiger partial charge in [-0.05, 0) is 17.7 Å². The topological polar surface area (TPSA) is 26.0 Å². The molecule has 0 unspecified atom stereocenters. The summed E-state index contributed by atoms with van der Waals surface area (Å²) in [7, 11) is 0. The first-order valence-corrected chi connectivity index (χ1v) is 4.27. The van der Waals surface area contributed by atoms with Gasteiger partial charge in [-0.2, -0.15) is 0 Å². The Hall–Kier alpha value is -0.380. The molecule has 1 nitrogen and oxygen atoms in total. The third-order valence-corrected chi connectivity index (χ3v) is 2.26. The molecule has 0 amide bonds. The highest BCUT2D eigenvalue weighted by atomic mass is 79.9. The average Bonchev–Trinajstić information content (AvgIpc) is 2.03. The van der Waals surface area contributed by atoms with E-state index in [-0.39, 0.29) is 24.3 Å². The van der Waals surface area contributed by atoms with Crippen LogP contribution in [0.3, 0.4) is 0 Å². The highest BCUT2D eigenvalue weighted by Gasteiger charge is 2.06. The number of halogens is 3. The van der Waals surface area contributed by atoms with Crippen molar-refractivity contribution < 1.29 is 4.39 Å². The Balaban J connectivity index is 0.00000144. The van der Waals surface area contributed by atoms with Crippen LogP contribution in [0.2, 0.25) is 0 Å². The summed E-state index contributed by atoms with van der Waals surface area (Å²) in [6.07, 6.45) is 1.61. The number of rotatable bonds is 2. The predicted molar refractivity (Wildman–Crippen MR) is 58.5 cm³/mol. The summed E-state index contributed by atoms with van der Waals surface area (Å²) in [4.78, 5) is 0. The molecule has 1 rings (SSSR count). The van der Waals surface area contributed by atoms with Gasteiger partial charge in [-0.3, -0.25) is 0 Å². The van der Waals surface area contributed by atoms with Crippen molar-refractivity contribution in [1.29, 1.82) is 0 Å². The highest BCUT2D eigenvalue weighted by Crippen LogP contribution is 2.23. The fourth-order valence-electron chi connectivity index (χ4n) is 0.899. The third kappa shape index (κ3) is 3.10. The Bertz CT molecular complexity index is 304. The molecule has 0 spiro atoms. The first-order valence-electron chi connectivity index (χ1n) is 3.48. The van der Waals surface area contributed by atoms with Crippen molar-refractivity contribution in [3.8, 4) is 0 Å². The lowest BCUT2D eigenvalue weighted by Gasteiger charge is -2.08. The first kappa shape index (κ1) is 12.6. The summed E-state index contributed by atoms with van der Waals surface area (Å²) in [5.74, 6) is -0.276. The summed E-state index contributed by atoms with van der Waals surface area (Å²) in [6, 6.07) is 4.16. The molecule has 72 valence electrons. The Labute approximate surface area is 91.4 Å². The predicted octanol–water partition coefficient (Wildman–Crippen LogP) is 3.20. The van der Waals surface area contributed by atoms with Crippen molar-refractivity contribution in [2.45, 2.75) is 6.04 Å². The van der Waals surface area contributed by atoms with Gasteiger partial charge in [0.05, 0.1) is 0 Å². The minimum atomic E-state index is -0.276. The zero-order valence-corrected chi connectivity index (χ0v) is 9.24. The van der Waals surface area contributed by atoms with E-state index in [2.05, 4.69) is 22.5 Å². The van der Waals surface area contributed by atoms with Crippen LogP contribution in [-0.4, -0.2) is 0 Å². The molecule has 0 fully saturated rings. The lowest BCUT2D eigenvalue weighted by molar-refractivity contribution is 0.625. The second-order valence-corrected chi connectivity index (χ2v) is 3.28. The van der Waals surface area contributed by atoms with Crippen molar-refractivity contribution in [2.24, 2.45) is 5.73 Å². The van der Waals surface area contributed by atoms with Gasteiger partial charge in [-0.15, -0.1) is 19.0 Å². The van der Waals surface area contributed by atoms with Gasteiger partial charge in [0.25, 0.3) is 0 Å². The summed E-state index contributed by atoms with van der Waals surface area (Å²) in [5, 5.41) is 0. The SMILES string of the molecule is C=C[C@H](N)c1ccc(F)cc1Br.Cl. The minimum absolute atomic E-state index is 0. The lowest BCUT2D eigenvalue weighted by Crippen LogP contribution is -2.07. The quantitative estimate of drug-likeness (QED) is 0.818. The van der Waals surface area contributed by atoms with Gasteiger partial charge in [0.2, 0.25) is 0 Å². The van der Waals surface area contributed by atoms with E-state index in [0.717, 1.165) is 5.56 Å². The van der Waals surface area contributed by atoms with Crippen LogP contribution in [0.4, 0.5) is 4.39 Å². The first-order chi connectivity index (χ1) is 5.65. The molecule has 1 atom stereocenters. The molecule has 0 aliphatic rings. The number of hydrogen-bond acceptors (Lipinski definition) is 1.